The number of piperazine rings is 1. The van der Waals surface area contributed by atoms with Gasteiger partial charge in [0.1, 0.15) is 5.69 Å². The van der Waals surface area contributed by atoms with Crippen LogP contribution in [-0.2, 0) is 0 Å². The Kier molecular flexibility index (Phi) is 5.47. The van der Waals surface area contributed by atoms with Gasteiger partial charge >= 0.3 is 0 Å². The van der Waals surface area contributed by atoms with Crippen LogP contribution in [0.3, 0.4) is 0 Å². The number of aryl methyl sites for hydroxylation is 2. The molecule has 6 heteroatoms. The van der Waals surface area contributed by atoms with Gasteiger partial charge in [0, 0.05) is 42.6 Å². The standard InChI is InChI=1S/C26H30N4O2/c1-16-6-7-20(26(32)30-12-10-27-11-13-30)14-21(16)24(18-8-9-18)29-25(31)22-15-19-5-3-4-17(2)23(19)28-22/h3-7,14-15,18,24,27-28H,8-13H2,1-2H3,(H,29,31). The van der Waals surface area contributed by atoms with Gasteiger partial charge in [-0.2, -0.15) is 0 Å². The molecule has 1 aromatic heterocycles. The highest BCUT2D eigenvalue weighted by Gasteiger charge is 2.35. The maximum atomic E-state index is 13.2. The second-order valence-electron chi connectivity index (χ2n) is 9.12. The predicted octanol–water partition coefficient (Wildman–Crippen LogP) is 3.71. The lowest BCUT2D eigenvalue weighted by molar-refractivity contribution is 0.0735. The maximum absolute atomic E-state index is 13.2. The number of nitrogens with zero attached hydrogens (tertiary/aromatic N) is 1. The van der Waals surface area contributed by atoms with Crippen LogP contribution in [0.25, 0.3) is 10.9 Å². The molecule has 1 saturated heterocycles. The van der Waals surface area contributed by atoms with Crippen LogP contribution in [0.1, 0.15) is 56.4 Å². The fourth-order valence-corrected chi connectivity index (χ4v) is 4.69. The first kappa shape index (κ1) is 20.8. The zero-order chi connectivity index (χ0) is 22.2. The molecule has 1 aliphatic heterocycles. The average molecular weight is 431 g/mol. The van der Waals surface area contributed by atoms with Crippen LogP contribution in [-0.4, -0.2) is 47.9 Å². The molecular formula is C26H30N4O2. The van der Waals surface area contributed by atoms with Crippen molar-refractivity contribution < 1.29 is 9.59 Å². The van der Waals surface area contributed by atoms with Crippen molar-refractivity contribution in [2.24, 2.45) is 5.92 Å². The van der Waals surface area contributed by atoms with Gasteiger partial charge in [0.15, 0.2) is 0 Å². The maximum Gasteiger partial charge on any atom is 0.268 e. The van der Waals surface area contributed by atoms with Crippen molar-refractivity contribution in [2.75, 3.05) is 26.2 Å². The van der Waals surface area contributed by atoms with Crippen molar-refractivity contribution in [3.63, 3.8) is 0 Å². The summed E-state index contributed by atoms with van der Waals surface area (Å²) >= 11 is 0. The Morgan fingerprint density at radius 2 is 1.81 bits per heavy atom. The van der Waals surface area contributed by atoms with Crippen molar-refractivity contribution in [1.29, 1.82) is 0 Å². The fraction of sp³-hybridized carbons (Fsp3) is 0.385. The molecule has 166 valence electrons. The van der Waals surface area contributed by atoms with Crippen LogP contribution < -0.4 is 10.6 Å². The summed E-state index contributed by atoms with van der Waals surface area (Å²) < 4.78 is 0. The van der Waals surface area contributed by atoms with Crippen molar-refractivity contribution in [2.45, 2.75) is 32.7 Å². The molecule has 2 aromatic carbocycles. The van der Waals surface area contributed by atoms with Gasteiger partial charge in [0.05, 0.1) is 6.04 Å². The number of hydrogen-bond acceptors (Lipinski definition) is 3. The number of carbonyl (C=O) groups is 2. The van der Waals surface area contributed by atoms with Crippen molar-refractivity contribution in [3.8, 4) is 0 Å². The summed E-state index contributed by atoms with van der Waals surface area (Å²) in [5, 5.41) is 7.60. The predicted molar refractivity (Wildman–Crippen MR) is 126 cm³/mol. The summed E-state index contributed by atoms with van der Waals surface area (Å²) in [5.41, 5.74) is 5.55. The quantitative estimate of drug-likeness (QED) is 0.578. The highest BCUT2D eigenvalue weighted by Crippen LogP contribution is 2.42. The number of rotatable bonds is 5. The third-order valence-corrected chi connectivity index (χ3v) is 6.75. The van der Waals surface area contributed by atoms with Crippen molar-refractivity contribution in [3.05, 3.63) is 70.4 Å². The Hall–Kier alpha value is -3.12. The minimum Gasteiger partial charge on any atom is -0.350 e. The fourth-order valence-electron chi connectivity index (χ4n) is 4.69. The number of benzene rings is 2. The topological polar surface area (TPSA) is 77.2 Å². The smallest absolute Gasteiger partial charge is 0.268 e. The van der Waals surface area contributed by atoms with Gasteiger partial charge in [0.25, 0.3) is 11.8 Å². The monoisotopic (exact) mass is 430 g/mol. The van der Waals surface area contributed by atoms with Crippen molar-refractivity contribution >= 4 is 22.7 Å². The summed E-state index contributed by atoms with van der Waals surface area (Å²) in [6.45, 7) is 7.21. The number of carbonyl (C=O) groups excluding carboxylic acids is 2. The number of fused-ring (bicyclic) bond motifs is 1. The molecule has 2 heterocycles. The Balaban J connectivity index is 1.41. The van der Waals surface area contributed by atoms with Gasteiger partial charge in [-0.3, -0.25) is 9.59 Å². The second kappa shape index (κ2) is 8.43. The second-order valence-corrected chi connectivity index (χ2v) is 9.12. The molecule has 1 unspecified atom stereocenters. The number of amides is 2. The Bertz CT molecular complexity index is 1170. The normalized spacial score (nSPS) is 17.4. The third-order valence-electron chi connectivity index (χ3n) is 6.75. The van der Waals surface area contributed by atoms with Gasteiger partial charge in [-0.1, -0.05) is 24.3 Å². The molecule has 2 amide bonds. The van der Waals surface area contributed by atoms with E-state index in [4.69, 9.17) is 0 Å². The van der Waals surface area contributed by atoms with E-state index in [0.717, 1.165) is 66.6 Å². The first-order valence-electron chi connectivity index (χ1n) is 11.5. The molecule has 3 aromatic rings. The van der Waals surface area contributed by atoms with Crippen LogP contribution in [0.15, 0.2) is 42.5 Å². The van der Waals surface area contributed by atoms with E-state index >= 15 is 0 Å². The third kappa shape index (κ3) is 4.02. The van der Waals surface area contributed by atoms with E-state index in [0.29, 0.717) is 17.2 Å². The highest BCUT2D eigenvalue weighted by molar-refractivity contribution is 5.99. The van der Waals surface area contributed by atoms with Crippen LogP contribution >= 0.6 is 0 Å². The molecular weight excluding hydrogens is 400 g/mol. The Morgan fingerprint density at radius 1 is 1.03 bits per heavy atom. The SMILES string of the molecule is Cc1ccc(C(=O)N2CCNCC2)cc1C(NC(=O)c1cc2cccc(C)c2[nH]1)C1CC1. The highest BCUT2D eigenvalue weighted by atomic mass is 16.2. The number of hydrogen-bond donors (Lipinski definition) is 3. The zero-order valence-corrected chi connectivity index (χ0v) is 18.7. The molecule has 1 aliphatic carbocycles. The summed E-state index contributed by atoms with van der Waals surface area (Å²) in [4.78, 5) is 31.4. The first-order chi connectivity index (χ1) is 15.5. The molecule has 0 bridgehead atoms. The van der Waals surface area contributed by atoms with Gasteiger partial charge < -0.3 is 20.5 Å². The molecule has 2 fully saturated rings. The van der Waals surface area contributed by atoms with E-state index in [-0.39, 0.29) is 17.9 Å². The summed E-state index contributed by atoms with van der Waals surface area (Å²) in [5.74, 6) is 0.378. The number of aromatic nitrogens is 1. The van der Waals surface area contributed by atoms with E-state index in [9.17, 15) is 9.59 Å². The van der Waals surface area contributed by atoms with Crippen LogP contribution in [0.2, 0.25) is 0 Å². The minimum absolute atomic E-state index is 0.0692. The molecule has 0 radical (unpaired) electrons. The largest absolute Gasteiger partial charge is 0.350 e. The molecule has 1 saturated carbocycles. The Morgan fingerprint density at radius 3 is 2.53 bits per heavy atom. The van der Waals surface area contributed by atoms with Gasteiger partial charge in [-0.15, -0.1) is 0 Å². The molecule has 5 rings (SSSR count). The zero-order valence-electron chi connectivity index (χ0n) is 18.7. The van der Waals surface area contributed by atoms with Gasteiger partial charge in [-0.25, -0.2) is 0 Å². The van der Waals surface area contributed by atoms with E-state index in [2.05, 4.69) is 22.5 Å². The summed E-state index contributed by atoms with van der Waals surface area (Å²) in [7, 11) is 0. The number of nitrogens with one attached hydrogen (secondary N) is 3. The van der Waals surface area contributed by atoms with Crippen molar-refractivity contribution in [1.82, 2.24) is 20.5 Å². The van der Waals surface area contributed by atoms with E-state index in [1.165, 1.54) is 0 Å². The summed E-state index contributed by atoms with van der Waals surface area (Å²) in [6, 6.07) is 13.8. The number of aromatic amines is 1. The van der Waals surface area contributed by atoms with E-state index in [1.807, 2.05) is 54.3 Å². The molecule has 3 N–H and O–H groups in total. The molecule has 0 spiro atoms. The molecule has 1 atom stereocenters. The lowest BCUT2D eigenvalue weighted by Gasteiger charge is -2.28. The number of para-hydroxylation sites is 1. The number of H-pyrrole nitrogens is 1. The average Bonchev–Trinajstić information content (AvgIpc) is 3.55. The van der Waals surface area contributed by atoms with Gasteiger partial charge in [0.2, 0.25) is 0 Å². The van der Waals surface area contributed by atoms with Crippen LogP contribution in [0, 0.1) is 19.8 Å². The minimum atomic E-state index is -0.101. The lowest BCUT2D eigenvalue weighted by atomic mass is 9.94. The van der Waals surface area contributed by atoms with Gasteiger partial charge in [-0.05, 0) is 67.5 Å². The lowest BCUT2D eigenvalue weighted by Crippen LogP contribution is -2.46. The Labute approximate surface area is 188 Å². The van der Waals surface area contributed by atoms with E-state index in [1.54, 1.807) is 0 Å². The molecule has 2 aliphatic rings. The van der Waals surface area contributed by atoms with E-state index < -0.39 is 0 Å². The molecule has 6 nitrogen and oxygen atoms in total. The van der Waals surface area contributed by atoms with Crippen LogP contribution in [0.4, 0.5) is 0 Å². The first-order valence-corrected chi connectivity index (χ1v) is 11.5. The summed E-state index contributed by atoms with van der Waals surface area (Å²) in [6.07, 6.45) is 2.18. The van der Waals surface area contributed by atoms with Crippen LogP contribution in [0.5, 0.6) is 0 Å². The molecule has 32 heavy (non-hydrogen) atoms.